The molecule has 3 aromatic rings. The molecule has 0 saturated heterocycles. The summed E-state index contributed by atoms with van der Waals surface area (Å²) in [6.07, 6.45) is 1.66. The molecule has 2 aromatic carbocycles. The molecule has 0 unspecified atom stereocenters. The van der Waals surface area contributed by atoms with Crippen LogP contribution in [0.4, 0.5) is 10.2 Å². The van der Waals surface area contributed by atoms with E-state index in [1.54, 1.807) is 30.5 Å². The van der Waals surface area contributed by atoms with Gasteiger partial charge >= 0.3 is 0 Å². The Labute approximate surface area is 137 Å². The van der Waals surface area contributed by atoms with Crippen LogP contribution in [-0.2, 0) is 6.54 Å². The Hall–Kier alpha value is -2.66. The van der Waals surface area contributed by atoms with Crippen molar-refractivity contribution in [2.45, 2.75) is 6.54 Å². The Morgan fingerprint density at radius 2 is 2.00 bits per heavy atom. The van der Waals surface area contributed by atoms with E-state index in [2.05, 4.69) is 10.3 Å². The van der Waals surface area contributed by atoms with Crippen LogP contribution in [0.15, 0.2) is 48.7 Å². The lowest BCUT2D eigenvalue weighted by atomic mass is 10.1. The van der Waals surface area contributed by atoms with Crippen LogP contribution in [0.1, 0.15) is 15.9 Å². The fourth-order valence-electron chi connectivity index (χ4n) is 2.23. The van der Waals surface area contributed by atoms with E-state index in [1.807, 2.05) is 6.07 Å². The Bertz CT molecular complexity index is 898. The van der Waals surface area contributed by atoms with Crippen molar-refractivity contribution in [2.24, 2.45) is 0 Å². The highest BCUT2D eigenvalue weighted by molar-refractivity contribution is 6.30. The zero-order valence-electron chi connectivity index (χ0n) is 12.0. The van der Waals surface area contributed by atoms with Gasteiger partial charge in [0.25, 0.3) is 5.91 Å². The molecule has 0 saturated carbocycles. The fraction of sp³-hybridized carbons (Fsp3) is 0.0588. The van der Waals surface area contributed by atoms with Crippen LogP contribution < -0.4 is 11.1 Å². The summed E-state index contributed by atoms with van der Waals surface area (Å²) in [5.74, 6) is -0.318. The average Bonchev–Trinajstić information content (AvgIpc) is 2.55. The van der Waals surface area contributed by atoms with E-state index >= 15 is 0 Å². The fourth-order valence-corrected chi connectivity index (χ4v) is 2.44. The molecule has 0 aliphatic heterocycles. The number of aromatic nitrogens is 1. The number of carbonyl (C=O) groups excluding carboxylic acids is 1. The molecular formula is C17H13ClFN3O. The van der Waals surface area contributed by atoms with Gasteiger partial charge in [0.15, 0.2) is 0 Å². The lowest BCUT2D eigenvalue weighted by Gasteiger charge is -2.07. The molecular weight excluding hydrogens is 317 g/mol. The van der Waals surface area contributed by atoms with Crippen molar-refractivity contribution in [1.29, 1.82) is 0 Å². The summed E-state index contributed by atoms with van der Waals surface area (Å²) < 4.78 is 13.1. The quantitative estimate of drug-likeness (QED) is 0.772. The van der Waals surface area contributed by atoms with Crippen molar-refractivity contribution in [3.05, 3.63) is 70.6 Å². The lowest BCUT2D eigenvalue weighted by molar-refractivity contribution is 0.0951. The summed E-state index contributed by atoms with van der Waals surface area (Å²) in [4.78, 5) is 16.2. The monoisotopic (exact) mass is 329 g/mol. The zero-order valence-corrected chi connectivity index (χ0v) is 12.8. The number of hydrogen-bond donors (Lipinski definition) is 2. The van der Waals surface area contributed by atoms with Gasteiger partial charge in [-0.2, -0.15) is 0 Å². The molecule has 1 amide bonds. The summed E-state index contributed by atoms with van der Waals surface area (Å²) in [5, 5.41) is 4.55. The number of halogens is 2. The molecule has 23 heavy (non-hydrogen) atoms. The number of anilines is 1. The standard InChI is InChI=1S/C17H13ClFN3O/c18-14-5-10(1-4-15(14)19)8-22-17(23)11-2-3-12-9-21-16(20)7-13(12)6-11/h1-7,9H,8H2,(H2,20,21)(H,22,23). The van der Waals surface area contributed by atoms with E-state index in [1.165, 1.54) is 12.1 Å². The summed E-state index contributed by atoms with van der Waals surface area (Å²) in [5.41, 5.74) is 6.89. The minimum atomic E-state index is -0.484. The third-order valence-corrected chi connectivity index (χ3v) is 3.73. The first-order chi connectivity index (χ1) is 11.0. The third-order valence-electron chi connectivity index (χ3n) is 3.44. The third kappa shape index (κ3) is 3.40. The molecule has 3 rings (SSSR count). The first-order valence-electron chi connectivity index (χ1n) is 6.90. The molecule has 0 bridgehead atoms. The molecule has 0 atom stereocenters. The molecule has 0 aliphatic rings. The van der Waals surface area contributed by atoms with Crippen molar-refractivity contribution in [2.75, 3.05) is 5.73 Å². The number of amides is 1. The largest absolute Gasteiger partial charge is 0.384 e. The summed E-state index contributed by atoms with van der Waals surface area (Å²) in [6.45, 7) is 0.259. The molecule has 3 N–H and O–H groups in total. The van der Waals surface area contributed by atoms with Crippen molar-refractivity contribution < 1.29 is 9.18 Å². The number of nitrogens with one attached hydrogen (secondary N) is 1. The van der Waals surface area contributed by atoms with Gasteiger partial charge < -0.3 is 11.1 Å². The van der Waals surface area contributed by atoms with Crippen molar-refractivity contribution in [3.63, 3.8) is 0 Å². The van der Waals surface area contributed by atoms with Crippen LogP contribution in [0.2, 0.25) is 5.02 Å². The number of fused-ring (bicyclic) bond motifs is 1. The lowest BCUT2D eigenvalue weighted by Crippen LogP contribution is -2.22. The number of nitrogen functional groups attached to an aromatic ring is 1. The maximum absolute atomic E-state index is 13.1. The molecule has 0 spiro atoms. The molecule has 0 aliphatic carbocycles. The zero-order chi connectivity index (χ0) is 16.4. The summed E-state index contributed by atoms with van der Waals surface area (Å²) in [6, 6.07) is 11.3. The highest BCUT2D eigenvalue weighted by Crippen LogP contribution is 2.18. The number of rotatable bonds is 3. The predicted octanol–water partition coefficient (Wildman–Crippen LogP) is 3.54. The maximum Gasteiger partial charge on any atom is 0.251 e. The number of benzene rings is 2. The van der Waals surface area contributed by atoms with Gasteiger partial charge in [-0.3, -0.25) is 4.79 Å². The average molecular weight is 330 g/mol. The second-order valence-electron chi connectivity index (χ2n) is 5.10. The van der Waals surface area contributed by atoms with E-state index in [0.29, 0.717) is 11.4 Å². The molecule has 0 fully saturated rings. The smallest absolute Gasteiger partial charge is 0.251 e. The van der Waals surface area contributed by atoms with E-state index in [9.17, 15) is 9.18 Å². The molecule has 116 valence electrons. The van der Waals surface area contributed by atoms with E-state index < -0.39 is 5.82 Å². The van der Waals surface area contributed by atoms with E-state index in [0.717, 1.165) is 16.3 Å². The van der Waals surface area contributed by atoms with Crippen molar-refractivity contribution in [1.82, 2.24) is 10.3 Å². The van der Waals surface area contributed by atoms with Gasteiger partial charge in [0.05, 0.1) is 5.02 Å². The van der Waals surface area contributed by atoms with Crippen LogP contribution in [0.3, 0.4) is 0 Å². The predicted molar refractivity (Wildman–Crippen MR) is 88.7 cm³/mol. The first-order valence-corrected chi connectivity index (χ1v) is 7.28. The van der Waals surface area contributed by atoms with Gasteiger partial charge in [0, 0.05) is 23.7 Å². The Kier molecular flexibility index (Phi) is 4.12. The van der Waals surface area contributed by atoms with Gasteiger partial charge in [-0.15, -0.1) is 0 Å². The van der Waals surface area contributed by atoms with Crippen LogP contribution in [0, 0.1) is 5.82 Å². The van der Waals surface area contributed by atoms with Gasteiger partial charge in [-0.05, 0) is 41.3 Å². The van der Waals surface area contributed by atoms with Crippen molar-refractivity contribution >= 4 is 34.1 Å². The van der Waals surface area contributed by atoms with Crippen molar-refractivity contribution in [3.8, 4) is 0 Å². The number of nitrogens with zero attached hydrogens (tertiary/aromatic N) is 1. The van der Waals surface area contributed by atoms with Crippen LogP contribution in [0.5, 0.6) is 0 Å². The van der Waals surface area contributed by atoms with Crippen LogP contribution >= 0.6 is 11.6 Å². The molecule has 1 heterocycles. The topological polar surface area (TPSA) is 68.0 Å². The van der Waals surface area contributed by atoms with Gasteiger partial charge in [0.2, 0.25) is 0 Å². The summed E-state index contributed by atoms with van der Waals surface area (Å²) in [7, 11) is 0. The van der Waals surface area contributed by atoms with Gasteiger partial charge in [-0.1, -0.05) is 23.7 Å². The normalized spacial score (nSPS) is 10.7. The van der Waals surface area contributed by atoms with E-state index in [4.69, 9.17) is 17.3 Å². The minimum absolute atomic E-state index is 0.0328. The Morgan fingerprint density at radius 3 is 2.78 bits per heavy atom. The van der Waals surface area contributed by atoms with Gasteiger partial charge in [0.1, 0.15) is 11.6 Å². The Balaban J connectivity index is 1.76. The van der Waals surface area contributed by atoms with Crippen LogP contribution in [-0.4, -0.2) is 10.9 Å². The number of nitrogens with two attached hydrogens (primary N) is 1. The Morgan fingerprint density at radius 1 is 1.17 bits per heavy atom. The van der Waals surface area contributed by atoms with Crippen LogP contribution in [0.25, 0.3) is 10.8 Å². The van der Waals surface area contributed by atoms with E-state index in [-0.39, 0.29) is 17.5 Å². The second-order valence-corrected chi connectivity index (χ2v) is 5.51. The second kappa shape index (κ2) is 6.22. The minimum Gasteiger partial charge on any atom is -0.384 e. The molecule has 6 heteroatoms. The molecule has 1 aromatic heterocycles. The first kappa shape index (κ1) is 15.2. The highest BCUT2D eigenvalue weighted by Gasteiger charge is 2.08. The highest BCUT2D eigenvalue weighted by atomic mass is 35.5. The number of hydrogen-bond acceptors (Lipinski definition) is 3. The summed E-state index contributed by atoms with van der Waals surface area (Å²) >= 11 is 5.72. The molecule has 4 nitrogen and oxygen atoms in total. The molecule has 0 radical (unpaired) electrons. The SMILES string of the molecule is Nc1cc2cc(C(=O)NCc3ccc(F)c(Cl)c3)ccc2cn1. The maximum atomic E-state index is 13.1. The number of carbonyl (C=O) groups is 1. The number of pyridine rings is 1. The van der Waals surface area contributed by atoms with Gasteiger partial charge in [-0.25, -0.2) is 9.37 Å².